The molecule has 0 atom stereocenters. The molecule has 1 aromatic carbocycles. The molecule has 0 unspecified atom stereocenters. The van der Waals surface area contributed by atoms with Gasteiger partial charge in [0.05, 0.1) is 5.56 Å². The van der Waals surface area contributed by atoms with Crippen molar-refractivity contribution in [2.24, 2.45) is 0 Å². The van der Waals surface area contributed by atoms with Crippen molar-refractivity contribution < 1.29 is 9.90 Å². The molecule has 0 spiro atoms. The van der Waals surface area contributed by atoms with Gasteiger partial charge in [-0.3, -0.25) is 0 Å². The molecular weight excluding hydrogens is 215 g/mol. The van der Waals surface area contributed by atoms with Crippen molar-refractivity contribution >= 4 is 36.6 Å². The molecule has 1 aromatic rings. The van der Waals surface area contributed by atoms with Crippen molar-refractivity contribution in [1.82, 2.24) is 0 Å². The molecule has 1 rings (SSSR count). The average Bonchev–Trinajstić information content (AvgIpc) is 2.25. The number of thioether (sulfide) groups is 1. The molecule has 0 saturated heterocycles. The Bertz CT molecular complexity index is 329. The fourth-order valence-electron chi connectivity index (χ4n) is 1.30. The second-order valence-electron chi connectivity index (χ2n) is 3.36. The fourth-order valence-corrected chi connectivity index (χ4v) is 2.36. The van der Waals surface area contributed by atoms with Crippen LogP contribution < -0.4 is 0 Å². The van der Waals surface area contributed by atoms with Crippen molar-refractivity contribution in [3.8, 4) is 0 Å². The summed E-state index contributed by atoms with van der Waals surface area (Å²) in [6.45, 7) is 2.16. The molecule has 0 radical (unpaired) electrons. The first-order chi connectivity index (χ1) is 7.25. The molecule has 2 nitrogen and oxygen atoms in total. The molecular formula is C12H17LiO2S. The van der Waals surface area contributed by atoms with Gasteiger partial charge in [-0.1, -0.05) is 31.9 Å². The van der Waals surface area contributed by atoms with Crippen LogP contribution >= 0.6 is 11.8 Å². The van der Waals surface area contributed by atoms with Gasteiger partial charge < -0.3 is 5.11 Å². The molecule has 4 heteroatoms. The Morgan fingerprint density at radius 2 is 2.00 bits per heavy atom. The molecule has 0 bridgehead atoms. The molecule has 0 fully saturated rings. The van der Waals surface area contributed by atoms with E-state index in [9.17, 15) is 4.79 Å². The van der Waals surface area contributed by atoms with Crippen LogP contribution in [0, 0.1) is 0 Å². The van der Waals surface area contributed by atoms with Gasteiger partial charge in [-0.15, -0.1) is 11.8 Å². The quantitative estimate of drug-likeness (QED) is 0.465. The second-order valence-corrected chi connectivity index (χ2v) is 4.49. The number of hydrogen-bond donors (Lipinski definition) is 1. The summed E-state index contributed by atoms with van der Waals surface area (Å²) in [5.41, 5.74) is 0.416. The summed E-state index contributed by atoms with van der Waals surface area (Å²) in [6, 6.07) is 7.18. The molecule has 84 valence electrons. The van der Waals surface area contributed by atoms with Crippen molar-refractivity contribution in [3.05, 3.63) is 29.8 Å². The number of rotatable bonds is 6. The summed E-state index contributed by atoms with van der Waals surface area (Å²) < 4.78 is 0. The summed E-state index contributed by atoms with van der Waals surface area (Å²) in [6.07, 6.45) is 3.55. The van der Waals surface area contributed by atoms with Gasteiger partial charge in [0.2, 0.25) is 0 Å². The van der Waals surface area contributed by atoms with Gasteiger partial charge in [-0.05, 0) is 24.3 Å². The van der Waals surface area contributed by atoms with E-state index in [1.54, 1.807) is 23.9 Å². The monoisotopic (exact) mass is 232 g/mol. The molecule has 0 aliphatic heterocycles. The molecule has 16 heavy (non-hydrogen) atoms. The van der Waals surface area contributed by atoms with Gasteiger partial charge in [0.1, 0.15) is 0 Å². The Labute approximate surface area is 113 Å². The van der Waals surface area contributed by atoms with Crippen LogP contribution in [0.25, 0.3) is 0 Å². The number of carbonyl (C=O) groups is 1. The normalized spacial score (nSPS) is 9.56. The topological polar surface area (TPSA) is 37.3 Å². The van der Waals surface area contributed by atoms with Crippen LogP contribution in [0.2, 0.25) is 0 Å². The summed E-state index contributed by atoms with van der Waals surface area (Å²) in [7, 11) is 0. The van der Waals surface area contributed by atoms with Gasteiger partial charge in [0, 0.05) is 4.90 Å². The first-order valence-corrected chi connectivity index (χ1v) is 6.19. The van der Waals surface area contributed by atoms with Gasteiger partial charge in [0.15, 0.2) is 0 Å². The third-order valence-electron chi connectivity index (χ3n) is 2.12. The third kappa shape index (κ3) is 5.11. The van der Waals surface area contributed by atoms with Crippen LogP contribution in [0.15, 0.2) is 29.2 Å². The maximum atomic E-state index is 10.9. The van der Waals surface area contributed by atoms with Crippen LogP contribution in [0.5, 0.6) is 0 Å². The van der Waals surface area contributed by atoms with E-state index in [2.05, 4.69) is 6.92 Å². The zero-order valence-corrected chi connectivity index (χ0v) is 9.72. The Hall–Kier alpha value is -0.363. The SMILES string of the molecule is CCCCCSc1ccccc1C(=O)O.[LiH]. The van der Waals surface area contributed by atoms with Gasteiger partial charge in [-0.25, -0.2) is 4.79 Å². The third-order valence-corrected chi connectivity index (χ3v) is 3.28. The van der Waals surface area contributed by atoms with E-state index in [0.717, 1.165) is 17.1 Å². The standard InChI is InChI=1S/C12H16O2S.Li.H/c1-2-3-6-9-15-11-8-5-4-7-10(11)12(13)14;;/h4-5,7-8H,2-3,6,9H2,1H3,(H,13,14);;. The van der Waals surface area contributed by atoms with E-state index in [0.29, 0.717) is 5.56 Å². The van der Waals surface area contributed by atoms with Crippen LogP contribution in [0.1, 0.15) is 36.5 Å². The van der Waals surface area contributed by atoms with Crippen molar-refractivity contribution in [3.63, 3.8) is 0 Å². The Kier molecular flexibility index (Phi) is 8.55. The fraction of sp³-hybridized carbons (Fsp3) is 0.417. The summed E-state index contributed by atoms with van der Waals surface area (Å²) in [4.78, 5) is 11.8. The van der Waals surface area contributed by atoms with E-state index in [-0.39, 0.29) is 18.9 Å². The van der Waals surface area contributed by atoms with E-state index in [4.69, 9.17) is 5.11 Å². The van der Waals surface area contributed by atoms with Crippen LogP contribution in [0.3, 0.4) is 0 Å². The number of unbranched alkanes of at least 4 members (excludes halogenated alkanes) is 2. The Morgan fingerprint density at radius 1 is 1.31 bits per heavy atom. The first kappa shape index (κ1) is 15.6. The first-order valence-electron chi connectivity index (χ1n) is 5.20. The summed E-state index contributed by atoms with van der Waals surface area (Å²) in [5.74, 6) is 0.159. The molecule has 0 heterocycles. The second kappa shape index (κ2) is 8.75. The molecule has 0 saturated carbocycles. The number of benzene rings is 1. The minimum atomic E-state index is -0.839. The molecule has 0 amide bonds. The summed E-state index contributed by atoms with van der Waals surface area (Å²) in [5, 5.41) is 8.96. The minimum absolute atomic E-state index is 0. The summed E-state index contributed by atoms with van der Waals surface area (Å²) >= 11 is 1.63. The van der Waals surface area contributed by atoms with Crippen LogP contribution in [-0.4, -0.2) is 35.7 Å². The zero-order chi connectivity index (χ0) is 11.1. The number of carboxylic acids is 1. The van der Waals surface area contributed by atoms with Crippen LogP contribution in [-0.2, 0) is 0 Å². The molecule has 0 aromatic heterocycles. The van der Waals surface area contributed by atoms with E-state index in [1.165, 1.54) is 12.8 Å². The molecule has 0 aliphatic carbocycles. The van der Waals surface area contributed by atoms with Gasteiger partial charge in [-0.2, -0.15) is 0 Å². The van der Waals surface area contributed by atoms with Crippen LogP contribution in [0.4, 0.5) is 0 Å². The molecule has 0 aliphatic rings. The predicted octanol–water partition coefficient (Wildman–Crippen LogP) is 3.02. The maximum absolute atomic E-state index is 10.9. The van der Waals surface area contributed by atoms with Gasteiger partial charge in [0.25, 0.3) is 0 Å². The predicted molar refractivity (Wildman–Crippen MR) is 70.8 cm³/mol. The Balaban J connectivity index is 0.00000225. The van der Waals surface area contributed by atoms with Crippen molar-refractivity contribution in [2.75, 3.05) is 5.75 Å². The van der Waals surface area contributed by atoms with E-state index in [1.807, 2.05) is 12.1 Å². The average molecular weight is 232 g/mol. The van der Waals surface area contributed by atoms with Gasteiger partial charge >= 0.3 is 24.8 Å². The number of aromatic carboxylic acids is 1. The van der Waals surface area contributed by atoms with E-state index >= 15 is 0 Å². The van der Waals surface area contributed by atoms with Crippen molar-refractivity contribution in [2.45, 2.75) is 31.1 Å². The molecule has 1 N–H and O–H groups in total. The number of hydrogen-bond acceptors (Lipinski definition) is 2. The number of carboxylic acid groups (broad SMARTS) is 1. The zero-order valence-electron chi connectivity index (χ0n) is 8.90. The van der Waals surface area contributed by atoms with Crippen molar-refractivity contribution in [1.29, 1.82) is 0 Å². The Morgan fingerprint density at radius 3 is 2.62 bits per heavy atom. The van der Waals surface area contributed by atoms with E-state index < -0.39 is 5.97 Å².